The zero-order valence-corrected chi connectivity index (χ0v) is 12.4. The molecule has 2 fully saturated rings. The first-order valence-electron chi connectivity index (χ1n) is 7.24. The van der Waals surface area contributed by atoms with E-state index in [9.17, 15) is 4.79 Å². The Kier molecular flexibility index (Phi) is 5.38. The molecular weight excluding hydrogens is 274 g/mol. The lowest BCUT2D eigenvalue weighted by molar-refractivity contribution is -0.133. The topological polar surface area (TPSA) is 45.2 Å². The maximum Gasteiger partial charge on any atom is 0.223 e. The fourth-order valence-electron chi connectivity index (χ4n) is 3.25. The van der Waals surface area contributed by atoms with E-state index < -0.39 is 0 Å². The Morgan fingerprint density at radius 3 is 2.85 bits per heavy atom. The Labute approximate surface area is 126 Å². The van der Waals surface area contributed by atoms with E-state index in [0.717, 1.165) is 38.9 Å². The standard InChI is InChI=1S/C15H21N3O.ClH/c19-15(10-12-3-6-17-11-12)18-9-1-2-14(18)13-4-7-16-8-5-13;/h4-5,7-8,12,14,17H,1-3,6,9-11H2;1H. The Morgan fingerprint density at radius 2 is 2.15 bits per heavy atom. The largest absolute Gasteiger partial charge is 0.336 e. The van der Waals surface area contributed by atoms with Crippen LogP contribution in [-0.4, -0.2) is 35.4 Å². The minimum atomic E-state index is 0. The molecule has 1 N–H and O–H groups in total. The molecule has 3 heterocycles. The SMILES string of the molecule is Cl.O=C(CC1CCNC1)N1CCCC1c1ccncc1. The molecule has 0 radical (unpaired) electrons. The first kappa shape index (κ1) is 15.3. The van der Waals surface area contributed by atoms with Crippen molar-refractivity contribution in [1.29, 1.82) is 0 Å². The van der Waals surface area contributed by atoms with Gasteiger partial charge in [-0.1, -0.05) is 0 Å². The average molecular weight is 296 g/mol. The van der Waals surface area contributed by atoms with Gasteiger partial charge in [0.2, 0.25) is 5.91 Å². The maximum absolute atomic E-state index is 12.5. The second kappa shape index (κ2) is 7.04. The molecule has 0 bridgehead atoms. The van der Waals surface area contributed by atoms with Gasteiger partial charge < -0.3 is 10.2 Å². The number of aromatic nitrogens is 1. The van der Waals surface area contributed by atoms with Gasteiger partial charge in [-0.05, 0) is 56.0 Å². The van der Waals surface area contributed by atoms with Gasteiger partial charge in [-0.25, -0.2) is 0 Å². The molecule has 0 saturated carbocycles. The van der Waals surface area contributed by atoms with Crippen LogP contribution < -0.4 is 5.32 Å². The summed E-state index contributed by atoms with van der Waals surface area (Å²) in [5.74, 6) is 0.860. The third-order valence-electron chi connectivity index (χ3n) is 4.29. The number of nitrogens with zero attached hydrogens (tertiary/aromatic N) is 2. The minimum absolute atomic E-state index is 0. The van der Waals surface area contributed by atoms with E-state index in [4.69, 9.17) is 0 Å². The number of carbonyl (C=O) groups excluding carboxylic acids is 1. The summed E-state index contributed by atoms with van der Waals surface area (Å²) in [6.45, 7) is 2.97. The van der Waals surface area contributed by atoms with Gasteiger partial charge in [0.05, 0.1) is 6.04 Å². The number of likely N-dealkylation sites (tertiary alicyclic amines) is 1. The molecule has 2 atom stereocenters. The molecule has 3 rings (SSSR count). The summed E-state index contributed by atoms with van der Waals surface area (Å²) in [6, 6.07) is 4.34. The number of nitrogens with one attached hydrogen (secondary N) is 1. The van der Waals surface area contributed by atoms with Crippen LogP contribution in [0.15, 0.2) is 24.5 Å². The van der Waals surface area contributed by atoms with Gasteiger partial charge >= 0.3 is 0 Å². The second-order valence-corrected chi connectivity index (χ2v) is 5.59. The molecule has 1 aromatic rings. The molecule has 2 saturated heterocycles. The van der Waals surface area contributed by atoms with Gasteiger partial charge in [0.1, 0.15) is 0 Å². The summed E-state index contributed by atoms with van der Waals surface area (Å²) in [7, 11) is 0. The molecule has 0 aliphatic carbocycles. The number of hydrogen-bond donors (Lipinski definition) is 1. The Bertz CT molecular complexity index is 434. The van der Waals surface area contributed by atoms with Crippen LogP contribution in [-0.2, 0) is 4.79 Å². The van der Waals surface area contributed by atoms with Gasteiger partial charge in [0.15, 0.2) is 0 Å². The second-order valence-electron chi connectivity index (χ2n) is 5.59. The molecule has 2 unspecified atom stereocenters. The van der Waals surface area contributed by atoms with Crippen LogP contribution in [0.3, 0.4) is 0 Å². The van der Waals surface area contributed by atoms with E-state index in [1.54, 1.807) is 0 Å². The number of halogens is 1. The molecule has 5 heteroatoms. The zero-order valence-electron chi connectivity index (χ0n) is 11.6. The van der Waals surface area contributed by atoms with Crippen molar-refractivity contribution in [1.82, 2.24) is 15.2 Å². The summed E-state index contributed by atoms with van der Waals surface area (Å²) in [4.78, 5) is 18.6. The Hall–Kier alpha value is -1.13. The molecule has 1 aromatic heterocycles. The summed E-state index contributed by atoms with van der Waals surface area (Å²) in [5.41, 5.74) is 1.23. The van der Waals surface area contributed by atoms with Gasteiger partial charge in [-0.15, -0.1) is 12.4 Å². The van der Waals surface area contributed by atoms with Crippen LogP contribution in [0.2, 0.25) is 0 Å². The highest BCUT2D eigenvalue weighted by molar-refractivity contribution is 5.85. The van der Waals surface area contributed by atoms with Crippen molar-refractivity contribution in [3.63, 3.8) is 0 Å². The van der Waals surface area contributed by atoms with Crippen LogP contribution in [0.25, 0.3) is 0 Å². The van der Waals surface area contributed by atoms with Crippen LogP contribution in [0.4, 0.5) is 0 Å². The maximum atomic E-state index is 12.5. The number of pyridine rings is 1. The highest BCUT2D eigenvalue weighted by Crippen LogP contribution is 2.32. The van der Waals surface area contributed by atoms with Crippen LogP contribution in [0.5, 0.6) is 0 Å². The van der Waals surface area contributed by atoms with E-state index in [0.29, 0.717) is 18.2 Å². The van der Waals surface area contributed by atoms with Crippen LogP contribution >= 0.6 is 12.4 Å². The predicted molar refractivity (Wildman–Crippen MR) is 80.8 cm³/mol. The minimum Gasteiger partial charge on any atom is -0.336 e. The molecule has 0 spiro atoms. The summed E-state index contributed by atoms with van der Waals surface area (Å²) in [6.07, 6.45) is 7.67. The number of hydrogen-bond acceptors (Lipinski definition) is 3. The molecule has 2 aliphatic heterocycles. The molecule has 20 heavy (non-hydrogen) atoms. The summed E-state index contributed by atoms with van der Waals surface area (Å²) < 4.78 is 0. The first-order valence-corrected chi connectivity index (χ1v) is 7.24. The number of rotatable bonds is 3. The van der Waals surface area contributed by atoms with E-state index in [-0.39, 0.29) is 18.4 Å². The lowest BCUT2D eigenvalue weighted by Gasteiger charge is -2.26. The quantitative estimate of drug-likeness (QED) is 0.929. The van der Waals surface area contributed by atoms with Crippen molar-refractivity contribution in [2.75, 3.05) is 19.6 Å². The van der Waals surface area contributed by atoms with E-state index >= 15 is 0 Å². The smallest absolute Gasteiger partial charge is 0.223 e. The Balaban J connectivity index is 0.00000147. The van der Waals surface area contributed by atoms with Gasteiger partial charge in [0.25, 0.3) is 0 Å². The monoisotopic (exact) mass is 295 g/mol. The average Bonchev–Trinajstić information content (AvgIpc) is 3.10. The first-order chi connectivity index (χ1) is 9.34. The molecule has 110 valence electrons. The number of carbonyl (C=O) groups is 1. The number of amides is 1. The summed E-state index contributed by atoms with van der Waals surface area (Å²) >= 11 is 0. The molecule has 4 nitrogen and oxygen atoms in total. The zero-order chi connectivity index (χ0) is 13.1. The fourth-order valence-corrected chi connectivity index (χ4v) is 3.25. The van der Waals surface area contributed by atoms with Crippen molar-refractivity contribution >= 4 is 18.3 Å². The van der Waals surface area contributed by atoms with Crippen molar-refractivity contribution < 1.29 is 4.79 Å². The van der Waals surface area contributed by atoms with Gasteiger partial charge in [-0.3, -0.25) is 9.78 Å². The third-order valence-corrected chi connectivity index (χ3v) is 4.29. The molecule has 1 amide bonds. The molecular formula is C15H22ClN3O. The van der Waals surface area contributed by atoms with Crippen molar-refractivity contribution in [3.8, 4) is 0 Å². The van der Waals surface area contributed by atoms with Crippen molar-refractivity contribution in [2.45, 2.75) is 31.7 Å². The molecule has 2 aliphatic rings. The highest BCUT2D eigenvalue weighted by atomic mass is 35.5. The fraction of sp³-hybridized carbons (Fsp3) is 0.600. The van der Waals surface area contributed by atoms with Crippen LogP contribution in [0.1, 0.15) is 37.3 Å². The highest BCUT2D eigenvalue weighted by Gasteiger charge is 2.31. The third kappa shape index (κ3) is 3.30. The predicted octanol–water partition coefficient (Wildman–Crippen LogP) is 2.17. The molecule has 0 aromatic carbocycles. The van der Waals surface area contributed by atoms with Gasteiger partial charge in [0, 0.05) is 25.4 Å². The normalized spacial score (nSPS) is 25.5. The van der Waals surface area contributed by atoms with E-state index in [1.165, 1.54) is 5.56 Å². The van der Waals surface area contributed by atoms with Crippen molar-refractivity contribution in [3.05, 3.63) is 30.1 Å². The van der Waals surface area contributed by atoms with Crippen LogP contribution in [0, 0.1) is 5.92 Å². The lowest BCUT2D eigenvalue weighted by atomic mass is 10.0. The Morgan fingerprint density at radius 1 is 1.35 bits per heavy atom. The van der Waals surface area contributed by atoms with Crippen molar-refractivity contribution in [2.24, 2.45) is 5.92 Å². The van der Waals surface area contributed by atoms with Gasteiger partial charge in [-0.2, -0.15) is 0 Å². The van der Waals surface area contributed by atoms with E-state index in [1.807, 2.05) is 24.5 Å². The summed E-state index contributed by atoms with van der Waals surface area (Å²) in [5, 5.41) is 3.33. The lowest BCUT2D eigenvalue weighted by Crippen LogP contribution is -2.32. The van der Waals surface area contributed by atoms with E-state index in [2.05, 4.69) is 15.2 Å².